The minimum atomic E-state index is -1.29. The molecule has 8 heteroatoms. The molecule has 0 N–H and O–H groups in total. The van der Waals surface area contributed by atoms with Gasteiger partial charge in [0.1, 0.15) is 0 Å². The second-order valence-electron chi connectivity index (χ2n) is 12.4. The number of esters is 5. The molecule has 1 aliphatic carbocycles. The van der Waals surface area contributed by atoms with Crippen molar-refractivity contribution in [3.8, 4) is 0 Å². The first-order chi connectivity index (χ1) is 20.3. The average molecular weight is 583 g/mol. The summed E-state index contributed by atoms with van der Waals surface area (Å²) in [5.41, 5.74) is -0.200. The third-order valence-corrected chi connectivity index (χ3v) is 9.56. The Morgan fingerprint density at radius 3 is 1.93 bits per heavy atom. The molecule has 1 aromatic rings. The van der Waals surface area contributed by atoms with E-state index in [2.05, 4.69) is 6.92 Å². The zero-order valence-corrected chi connectivity index (χ0v) is 25.2. The molecule has 0 spiro atoms. The van der Waals surface area contributed by atoms with Gasteiger partial charge in [0.25, 0.3) is 0 Å². The largest absolute Gasteiger partial charge is 0.465 e. The summed E-state index contributed by atoms with van der Waals surface area (Å²) in [5.74, 6) is -7.85. The maximum atomic E-state index is 13.7. The lowest BCUT2D eigenvalue weighted by molar-refractivity contribution is -0.164. The second-order valence-corrected chi connectivity index (χ2v) is 12.4. The SMILES string of the molecule is CCCCCCCCCCCCCCCCOC(=O)C1C2C(=O)OC(=O)C2c2ccccc2C1(C)C1CC(=O)OC1=O. The fourth-order valence-corrected chi connectivity index (χ4v) is 7.25. The Kier molecular flexibility index (Phi) is 11.3. The van der Waals surface area contributed by atoms with E-state index < -0.39 is 58.9 Å². The molecule has 0 aromatic heterocycles. The fourth-order valence-electron chi connectivity index (χ4n) is 7.25. The standard InChI is InChI=1S/C34H46O8/c1-3-4-5-6-7-8-9-10-11-12-13-14-15-18-21-40-33(39)29-28-27(31(37)42-32(28)38)23-19-16-17-20-24(23)34(29,2)25-22-26(35)41-30(25)36/h16-17,19-20,25,27-29H,3-15,18,21-22H2,1-2H3. The van der Waals surface area contributed by atoms with Gasteiger partial charge in [-0.05, 0) is 17.5 Å². The van der Waals surface area contributed by atoms with Crippen LogP contribution in [0.15, 0.2) is 24.3 Å². The third kappa shape index (κ3) is 6.95. The van der Waals surface area contributed by atoms with Crippen LogP contribution < -0.4 is 0 Å². The minimum absolute atomic E-state index is 0.180. The van der Waals surface area contributed by atoms with Gasteiger partial charge in [-0.25, -0.2) is 0 Å². The number of carbonyl (C=O) groups excluding carboxylic acids is 5. The zero-order valence-electron chi connectivity index (χ0n) is 25.2. The molecule has 1 aromatic carbocycles. The molecule has 0 amide bonds. The molecule has 4 rings (SSSR count). The van der Waals surface area contributed by atoms with Crippen molar-refractivity contribution in [2.75, 3.05) is 6.61 Å². The van der Waals surface area contributed by atoms with Gasteiger partial charge in [-0.3, -0.25) is 24.0 Å². The number of cyclic esters (lactones) is 4. The van der Waals surface area contributed by atoms with Gasteiger partial charge in [-0.15, -0.1) is 0 Å². The number of benzene rings is 1. The van der Waals surface area contributed by atoms with Crippen LogP contribution in [0.1, 0.15) is 127 Å². The quantitative estimate of drug-likeness (QED) is 0.0889. The first-order valence-electron chi connectivity index (χ1n) is 16.1. The lowest BCUT2D eigenvalue weighted by atomic mass is 9.52. The van der Waals surface area contributed by atoms with E-state index in [0.717, 1.165) is 19.3 Å². The molecule has 8 nitrogen and oxygen atoms in total. The fraction of sp³-hybridized carbons (Fsp3) is 0.676. The molecule has 2 saturated heterocycles. The third-order valence-electron chi connectivity index (χ3n) is 9.56. The van der Waals surface area contributed by atoms with Crippen LogP contribution in [-0.2, 0) is 43.6 Å². The van der Waals surface area contributed by atoms with Crippen LogP contribution in [0.25, 0.3) is 0 Å². The van der Waals surface area contributed by atoms with Crippen LogP contribution in [0.3, 0.4) is 0 Å². The van der Waals surface area contributed by atoms with Crippen molar-refractivity contribution in [3.05, 3.63) is 35.4 Å². The number of ether oxygens (including phenoxy) is 3. The van der Waals surface area contributed by atoms with E-state index in [-0.39, 0.29) is 13.0 Å². The van der Waals surface area contributed by atoms with Gasteiger partial charge < -0.3 is 14.2 Å². The van der Waals surface area contributed by atoms with Crippen LogP contribution in [0, 0.1) is 17.8 Å². The highest BCUT2D eigenvalue weighted by atomic mass is 16.6. The van der Waals surface area contributed by atoms with Crippen LogP contribution in [-0.4, -0.2) is 36.5 Å². The Morgan fingerprint density at radius 2 is 1.36 bits per heavy atom. The summed E-state index contributed by atoms with van der Waals surface area (Å²) in [6.45, 7) is 4.12. The van der Waals surface area contributed by atoms with Crippen molar-refractivity contribution in [1.82, 2.24) is 0 Å². The summed E-state index contributed by atoms with van der Waals surface area (Å²) in [7, 11) is 0. The Balaban J connectivity index is 1.30. The van der Waals surface area contributed by atoms with Gasteiger partial charge in [-0.2, -0.15) is 0 Å². The van der Waals surface area contributed by atoms with Crippen molar-refractivity contribution in [2.24, 2.45) is 17.8 Å². The van der Waals surface area contributed by atoms with E-state index in [0.29, 0.717) is 17.5 Å². The van der Waals surface area contributed by atoms with Gasteiger partial charge in [0, 0.05) is 5.41 Å². The summed E-state index contributed by atoms with van der Waals surface area (Å²) in [4.78, 5) is 64.4. The number of hydrogen-bond donors (Lipinski definition) is 0. The lowest BCUT2D eigenvalue weighted by Crippen LogP contribution is -2.54. The lowest BCUT2D eigenvalue weighted by Gasteiger charge is -2.47. The molecule has 2 aliphatic heterocycles. The molecular weight excluding hydrogens is 536 g/mol. The van der Waals surface area contributed by atoms with Gasteiger partial charge >= 0.3 is 29.8 Å². The summed E-state index contributed by atoms with van der Waals surface area (Å²) >= 11 is 0. The normalized spacial score (nSPS) is 26.5. The van der Waals surface area contributed by atoms with E-state index in [1.807, 2.05) is 0 Å². The highest BCUT2D eigenvalue weighted by molar-refractivity contribution is 6.04. The van der Waals surface area contributed by atoms with Gasteiger partial charge in [0.05, 0.1) is 36.7 Å². The van der Waals surface area contributed by atoms with Crippen LogP contribution in [0.2, 0.25) is 0 Å². The maximum absolute atomic E-state index is 13.7. The number of carbonyl (C=O) groups is 5. The van der Waals surface area contributed by atoms with Crippen LogP contribution in [0.5, 0.6) is 0 Å². The Labute approximate surface area is 249 Å². The first kappa shape index (κ1) is 31.9. The number of fused-ring (bicyclic) bond motifs is 3. The van der Waals surface area contributed by atoms with E-state index in [1.165, 1.54) is 64.2 Å². The van der Waals surface area contributed by atoms with E-state index in [4.69, 9.17) is 14.2 Å². The topological polar surface area (TPSA) is 113 Å². The minimum Gasteiger partial charge on any atom is -0.465 e. The maximum Gasteiger partial charge on any atom is 0.321 e. The predicted octanol–water partition coefficient (Wildman–Crippen LogP) is 6.47. The van der Waals surface area contributed by atoms with Crippen molar-refractivity contribution in [1.29, 1.82) is 0 Å². The molecular formula is C34H46O8. The number of unbranched alkanes of at least 4 members (excludes halogenated alkanes) is 13. The second kappa shape index (κ2) is 14.9. The monoisotopic (exact) mass is 582 g/mol. The van der Waals surface area contributed by atoms with Crippen molar-refractivity contribution in [2.45, 2.75) is 121 Å². The van der Waals surface area contributed by atoms with Crippen LogP contribution in [0.4, 0.5) is 0 Å². The van der Waals surface area contributed by atoms with E-state index >= 15 is 0 Å². The van der Waals surface area contributed by atoms with Gasteiger partial charge in [0.2, 0.25) is 0 Å². The Morgan fingerprint density at radius 1 is 0.786 bits per heavy atom. The smallest absolute Gasteiger partial charge is 0.321 e. The molecule has 3 aliphatic rings. The molecule has 5 unspecified atom stereocenters. The van der Waals surface area contributed by atoms with Crippen molar-refractivity contribution in [3.63, 3.8) is 0 Å². The molecule has 0 bridgehead atoms. The summed E-state index contributed by atoms with van der Waals surface area (Å²) < 4.78 is 15.6. The van der Waals surface area contributed by atoms with Crippen molar-refractivity contribution >= 4 is 29.8 Å². The molecule has 0 saturated carbocycles. The van der Waals surface area contributed by atoms with E-state index in [1.54, 1.807) is 31.2 Å². The molecule has 42 heavy (non-hydrogen) atoms. The number of rotatable bonds is 17. The van der Waals surface area contributed by atoms with Crippen molar-refractivity contribution < 1.29 is 38.2 Å². The predicted molar refractivity (Wildman–Crippen MR) is 155 cm³/mol. The highest BCUT2D eigenvalue weighted by Gasteiger charge is 2.66. The first-order valence-corrected chi connectivity index (χ1v) is 16.1. The molecule has 5 atom stereocenters. The van der Waals surface area contributed by atoms with E-state index in [9.17, 15) is 24.0 Å². The Hall–Kier alpha value is -3.03. The molecule has 2 heterocycles. The summed E-state index contributed by atoms with van der Waals surface area (Å²) in [5, 5.41) is 0. The highest BCUT2D eigenvalue weighted by Crippen LogP contribution is 2.57. The molecule has 2 fully saturated rings. The number of hydrogen-bond acceptors (Lipinski definition) is 8. The molecule has 230 valence electrons. The average Bonchev–Trinajstić information content (AvgIpc) is 3.47. The molecule has 0 radical (unpaired) electrons. The zero-order chi connectivity index (χ0) is 30.1. The van der Waals surface area contributed by atoms with Gasteiger partial charge in [-0.1, -0.05) is 122 Å². The summed E-state index contributed by atoms with van der Waals surface area (Å²) in [6.07, 6.45) is 16.8. The summed E-state index contributed by atoms with van der Waals surface area (Å²) in [6, 6.07) is 6.94. The van der Waals surface area contributed by atoms with Crippen LogP contribution >= 0.6 is 0 Å². The van der Waals surface area contributed by atoms with Gasteiger partial charge in [0.15, 0.2) is 0 Å². The Bertz CT molecular complexity index is 1140.